The Hall–Kier alpha value is -3.55. The van der Waals surface area contributed by atoms with E-state index < -0.39 is 0 Å². The molecule has 0 unspecified atom stereocenters. The largest absolute Gasteiger partial charge is 0.349 e. The van der Waals surface area contributed by atoms with Crippen molar-refractivity contribution in [3.8, 4) is 11.3 Å². The van der Waals surface area contributed by atoms with Crippen molar-refractivity contribution >= 4 is 11.6 Å². The number of hydrogen-bond acceptors (Lipinski definition) is 5. The van der Waals surface area contributed by atoms with Crippen molar-refractivity contribution in [1.29, 1.82) is 0 Å². The summed E-state index contributed by atoms with van der Waals surface area (Å²) >= 11 is 0. The third kappa shape index (κ3) is 3.61. The molecule has 5 rings (SSSR count). The fourth-order valence-electron chi connectivity index (χ4n) is 3.94. The van der Waals surface area contributed by atoms with Gasteiger partial charge in [-0.05, 0) is 43.9 Å². The van der Waals surface area contributed by atoms with E-state index in [4.69, 9.17) is 0 Å². The van der Waals surface area contributed by atoms with Crippen molar-refractivity contribution in [2.45, 2.75) is 37.8 Å². The van der Waals surface area contributed by atoms with Crippen LogP contribution in [0.1, 0.15) is 42.1 Å². The molecule has 146 valence electrons. The zero-order chi connectivity index (χ0) is 19.6. The van der Waals surface area contributed by atoms with Gasteiger partial charge in [-0.15, -0.1) is 0 Å². The number of amides is 1. The number of carbonyl (C=O) groups excluding carboxylic acids is 1. The number of aromatic nitrogens is 6. The lowest BCUT2D eigenvalue weighted by Crippen LogP contribution is -2.38. The van der Waals surface area contributed by atoms with E-state index in [0.717, 1.165) is 42.6 Å². The lowest BCUT2D eigenvalue weighted by Gasteiger charge is -2.29. The quantitative estimate of drug-likeness (QED) is 0.581. The van der Waals surface area contributed by atoms with Crippen LogP contribution in [-0.2, 0) is 0 Å². The summed E-state index contributed by atoms with van der Waals surface area (Å²) in [5.41, 5.74) is 3.30. The van der Waals surface area contributed by atoms with E-state index in [1.165, 1.54) is 0 Å². The van der Waals surface area contributed by atoms with Crippen LogP contribution in [-0.4, -0.2) is 41.1 Å². The number of pyridine rings is 1. The average Bonchev–Trinajstić information content (AvgIpc) is 3.44. The molecule has 0 aromatic carbocycles. The first-order valence-electron chi connectivity index (χ1n) is 9.80. The summed E-state index contributed by atoms with van der Waals surface area (Å²) < 4.78 is 3.92. The molecule has 4 aromatic rings. The van der Waals surface area contributed by atoms with Gasteiger partial charge >= 0.3 is 0 Å². The normalized spacial score (nSPS) is 19.3. The van der Waals surface area contributed by atoms with Crippen molar-refractivity contribution in [3.63, 3.8) is 0 Å². The van der Waals surface area contributed by atoms with Gasteiger partial charge in [0, 0.05) is 48.2 Å². The first-order chi connectivity index (χ1) is 14.3. The van der Waals surface area contributed by atoms with E-state index in [1.54, 1.807) is 18.7 Å². The van der Waals surface area contributed by atoms with E-state index in [2.05, 4.69) is 25.4 Å². The Balaban J connectivity index is 1.19. The van der Waals surface area contributed by atoms with Gasteiger partial charge in [0.1, 0.15) is 12.0 Å². The van der Waals surface area contributed by atoms with Crippen molar-refractivity contribution in [3.05, 3.63) is 67.3 Å². The molecule has 8 heteroatoms. The molecule has 0 saturated heterocycles. The predicted molar refractivity (Wildman–Crippen MR) is 107 cm³/mol. The molecule has 4 aromatic heterocycles. The van der Waals surface area contributed by atoms with Crippen LogP contribution in [0.5, 0.6) is 0 Å². The monoisotopic (exact) mass is 387 g/mol. The smallest absolute Gasteiger partial charge is 0.251 e. The van der Waals surface area contributed by atoms with Gasteiger partial charge in [0.05, 0.1) is 17.9 Å². The molecular formula is C21H21N7O. The maximum absolute atomic E-state index is 12.6. The molecular weight excluding hydrogens is 366 g/mol. The van der Waals surface area contributed by atoms with Crippen molar-refractivity contribution in [1.82, 2.24) is 34.4 Å². The Morgan fingerprint density at radius 1 is 1.07 bits per heavy atom. The van der Waals surface area contributed by atoms with Crippen molar-refractivity contribution < 1.29 is 4.79 Å². The van der Waals surface area contributed by atoms with Crippen LogP contribution in [0.15, 0.2) is 61.7 Å². The second-order valence-electron chi connectivity index (χ2n) is 7.39. The van der Waals surface area contributed by atoms with Gasteiger partial charge in [-0.1, -0.05) is 0 Å². The summed E-state index contributed by atoms with van der Waals surface area (Å²) in [7, 11) is 0. The SMILES string of the molecule is O=C(NC1CCC(n2cc(-c3ccncn3)cn2)CC1)c1ccn2ccnc2c1. The van der Waals surface area contributed by atoms with Crippen molar-refractivity contribution in [2.75, 3.05) is 0 Å². The molecule has 1 aliphatic carbocycles. The van der Waals surface area contributed by atoms with E-state index in [1.807, 2.05) is 52.1 Å². The fraction of sp³-hybridized carbons (Fsp3) is 0.286. The number of nitrogens with one attached hydrogen (secondary N) is 1. The number of nitrogens with zero attached hydrogens (tertiary/aromatic N) is 6. The molecule has 1 aliphatic rings. The van der Waals surface area contributed by atoms with Gasteiger partial charge in [0.2, 0.25) is 0 Å². The summed E-state index contributed by atoms with van der Waals surface area (Å²) in [5, 5.41) is 7.71. The Kier molecular flexibility index (Phi) is 4.51. The van der Waals surface area contributed by atoms with Crippen LogP contribution in [0, 0.1) is 0 Å². The maximum Gasteiger partial charge on any atom is 0.251 e. The molecule has 1 N–H and O–H groups in total. The highest BCUT2D eigenvalue weighted by Crippen LogP contribution is 2.29. The van der Waals surface area contributed by atoms with Crippen LogP contribution >= 0.6 is 0 Å². The first kappa shape index (κ1) is 17.5. The zero-order valence-corrected chi connectivity index (χ0v) is 15.8. The number of rotatable bonds is 4. The Morgan fingerprint density at radius 2 is 1.97 bits per heavy atom. The van der Waals surface area contributed by atoms with Gasteiger partial charge in [-0.2, -0.15) is 5.10 Å². The van der Waals surface area contributed by atoms with Crippen LogP contribution in [0.2, 0.25) is 0 Å². The molecule has 1 fully saturated rings. The number of imidazole rings is 1. The van der Waals surface area contributed by atoms with Crippen LogP contribution in [0.3, 0.4) is 0 Å². The molecule has 0 radical (unpaired) electrons. The minimum Gasteiger partial charge on any atom is -0.349 e. The molecule has 8 nitrogen and oxygen atoms in total. The zero-order valence-electron chi connectivity index (χ0n) is 15.8. The van der Waals surface area contributed by atoms with E-state index in [9.17, 15) is 4.79 Å². The van der Waals surface area contributed by atoms with Crippen LogP contribution in [0.25, 0.3) is 16.9 Å². The summed E-state index contributed by atoms with van der Waals surface area (Å²) in [4.78, 5) is 25.1. The minimum atomic E-state index is -0.0379. The number of fused-ring (bicyclic) bond motifs is 1. The third-order valence-electron chi connectivity index (χ3n) is 5.55. The average molecular weight is 387 g/mol. The second-order valence-corrected chi connectivity index (χ2v) is 7.39. The summed E-state index contributed by atoms with van der Waals surface area (Å²) in [6.07, 6.45) is 16.5. The van der Waals surface area contributed by atoms with E-state index in [-0.39, 0.29) is 11.9 Å². The second kappa shape index (κ2) is 7.46. The summed E-state index contributed by atoms with van der Waals surface area (Å²) in [6, 6.07) is 6.06. The molecule has 0 bridgehead atoms. The van der Waals surface area contributed by atoms with Gasteiger partial charge in [0.15, 0.2) is 0 Å². The third-order valence-corrected chi connectivity index (χ3v) is 5.55. The van der Waals surface area contributed by atoms with Crippen LogP contribution in [0.4, 0.5) is 0 Å². The molecule has 0 aliphatic heterocycles. The van der Waals surface area contributed by atoms with Gasteiger partial charge in [-0.25, -0.2) is 15.0 Å². The highest BCUT2D eigenvalue weighted by atomic mass is 16.1. The Morgan fingerprint density at radius 3 is 2.79 bits per heavy atom. The number of carbonyl (C=O) groups is 1. The van der Waals surface area contributed by atoms with Crippen molar-refractivity contribution in [2.24, 2.45) is 0 Å². The predicted octanol–water partition coefficient (Wildman–Crippen LogP) is 2.90. The van der Waals surface area contributed by atoms with Gasteiger partial charge < -0.3 is 9.72 Å². The van der Waals surface area contributed by atoms with E-state index >= 15 is 0 Å². The fourth-order valence-corrected chi connectivity index (χ4v) is 3.94. The highest BCUT2D eigenvalue weighted by Gasteiger charge is 2.24. The van der Waals surface area contributed by atoms with Gasteiger partial charge in [-0.3, -0.25) is 9.48 Å². The Bertz CT molecular complexity index is 1130. The molecule has 1 saturated carbocycles. The molecule has 29 heavy (non-hydrogen) atoms. The minimum absolute atomic E-state index is 0.0379. The molecule has 1 amide bonds. The van der Waals surface area contributed by atoms with Crippen LogP contribution < -0.4 is 5.32 Å². The lowest BCUT2D eigenvalue weighted by molar-refractivity contribution is 0.0921. The topological polar surface area (TPSA) is 90.0 Å². The summed E-state index contributed by atoms with van der Waals surface area (Å²) in [6.45, 7) is 0. The molecule has 0 spiro atoms. The standard InChI is InChI=1S/C21H21N7O/c29-21(15-6-9-27-10-8-23-20(27)11-15)26-17-1-3-18(4-2-17)28-13-16(12-25-28)19-5-7-22-14-24-19/h5-14,17-18H,1-4H2,(H,26,29). The molecule has 4 heterocycles. The van der Waals surface area contributed by atoms with E-state index in [0.29, 0.717) is 11.6 Å². The Labute approximate surface area is 167 Å². The molecule has 0 atom stereocenters. The maximum atomic E-state index is 12.6. The lowest BCUT2D eigenvalue weighted by atomic mass is 9.91. The number of hydrogen-bond donors (Lipinski definition) is 1. The first-order valence-corrected chi connectivity index (χ1v) is 9.80. The summed E-state index contributed by atoms with van der Waals surface area (Å²) in [5.74, 6) is -0.0379. The van der Waals surface area contributed by atoms with Gasteiger partial charge in [0.25, 0.3) is 5.91 Å². The highest BCUT2D eigenvalue weighted by molar-refractivity contribution is 5.95.